The largest absolute Gasteiger partial charge is 0.469 e. The molecule has 0 fully saturated rings. The molecule has 10 nitrogen and oxygen atoms in total. The quantitative estimate of drug-likeness (QED) is 0.291. The molecule has 13 heteroatoms. The Labute approximate surface area is 173 Å². The number of rotatable bonds is 7. The second-order valence-corrected chi connectivity index (χ2v) is 8.52. The van der Waals surface area contributed by atoms with E-state index >= 15 is 0 Å². The molecule has 0 bridgehead atoms. The first-order valence-electron chi connectivity index (χ1n) is 8.19. The molecule has 2 heterocycles. The zero-order valence-corrected chi connectivity index (χ0v) is 17.5. The predicted molar refractivity (Wildman–Crippen MR) is 107 cm³/mol. The number of imidazole rings is 1. The number of nitrogens with one attached hydrogen (secondary N) is 1. The Morgan fingerprint density at radius 2 is 2.10 bits per heavy atom. The van der Waals surface area contributed by atoms with Gasteiger partial charge in [0.05, 0.1) is 25.8 Å². The molecule has 0 aliphatic rings. The third kappa shape index (κ3) is 4.98. The molecule has 3 aromatic rings. The second-order valence-electron chi connectivity index (χ2n) is 5.96. The van der Waals surface area contributed by atoms with E-state index in [0.717, 1.165) is 0 Å². The Balaban J connectivity index is 1.83. The molecule has 1 aromatic carbocycles. The maximum Gasteiger partial charge on any atom is 0.312 e. The SMILES string of the molecule is COC(=O)CCS(=O)(=O)Nc1cccc(Cn2c(Br)nc3c(N)nc(F)nc32)c1. The lowest BCUT2D eigenvalue weighted by Crippen LogP contribution is -2.19. The highest BCUT2D eigenvalue weighted by atomic mass is 79.9. The van der Waals surface area contributed by atoms with Gasteiger partial charge in [-0.25, -0.2) is 13.4 Å². The molecule has 0 spiro atoms. The molecule has 0 aliphatic carbocycles. The van der Waals surface area contributed by atoms with Crippen molar-refractivity contribution in [2.24, 2.45) is 0 Å². The molecule has 0 radical (unpaired) electrons. The molecule has 0 saturated carbocycles. The van der Waals surface area contributed by atoms with E-state index in [2.05, 4.69) is 40.3 Å². The molecule has 0 unspecified atom stereocenters. The van der Waals surface area contributed by atoms with E-state index in [4.69, 9.17) is 5.73 Å². The van der Waals surface area contributed by atoms with Gasteiger partial charge in [0, 0.05) is 5.69 Å². The van der Waals surface area contributed by atoms with Crippen molar-refractivity contribution >= 4 is 54.6 Å². The first-order chi connectivity index (χ1) is 13.7. The summed E-state index contributed by atoms with van der Waals surface area (Å²) in [5.41, 5.74) is 7.14. The van der Waals surface area contributed by atoms with Gasteiger partial charge in [-0.1, -0.05) is 12.1 Å². The molecule has 29 heavy (non-hydrogen) atoms. The number of esters is 1. The van der Waals surface area contributed by atoms with E-state index in [0.29, 0.717) is 16.0 Å². The lowest BCUT2D eigenvalue weighted by atomic mass is 10.2. The van der Waals surface area contributed by atoms with Crippen molar-refractivity contribution in [3.05, 3.63) is 40.6 Å². The number of sulfonamides is 1. The van der Waals surface area contributed by atoms with Crippen LogP contribution in [0.25, 0.3) is 11.2 Å². The van der Waals surface area contributed by atoms with Crippen LogP contribution in [-0.4, -0.2) is 46.8 Å². The second kappa shape index (κ2) is 8.29. The van der Waals surface area contributed by atoms with E-state index in [1.165, 1.54) is 7.11 Å². The molecule has 0 amide bonds. The molecule has 3 N–H and O–H groups in total. The number of carbonyl (C=O) groups is 1. The fourth-order valence-electron chi connectivity index (χ4n) is 2.57. The van der Waals surface area contributed by atoms with E-state index in [1.54, 1.807) is 28.8 Å². The number of nitrogens with two attached hydrogens (primary N) is 1. The topological polar surface area (TPSA) is 142 Å². The third-order valence-corrected chi connectivity index (χ3v) is 5.79. The third-order valence-electron chi connectivity index (χ3n) is 3.89. The van der Waals surface area contributed by atoms with Crippen LogP contribution in [0.3, 0.4) is 0 Å². The number of nitrogen functional groups attached to an aromatic ring is 1. The van der Waals surface area contributed by atoms with Gasteiger partial charge in [-0.05, 0) is 33.6 Å². The average Bonchev–Trinajstić information content (AvgIpc) is 2.96. The van der Waals surface area contributed by atoms with Crippen molar-refractivity contribution in [2.75, 3.05) is 23.3 Å². The zero-order valence-electron chi connectivity index (χ0n) is 15.1. The summed E-state index contributed by atoms with van der Waals surface area (Å²) in [6.07, 6.45) is -1.23. The summed E-state index contributed by atoms with van der Waals surface area (Å²) in [6, 6.07) is 6.59. The Kier molecular flexibility index (Phi) is 5.98. The highest BCUT2D eigenvalue weighted by molar-refractivity contribution is 9.10. The summed E-state index contributed by atoms with van der Waals surface area (Å²) in [4.78, 5) is 22.5. The molecule has 0 aliphatic heterocycles. The first-order valence-corrected chi connectivity index (χ1v) is 10.6. The molecule has 3 rings (SSSR count). The van der Waals surface area contributed by atoms with E-state index in [1.807, 2.05) is 0 Å². The summed E-state index contributed by atoms with van der Waals surface area (Å²) in [7, 11) is -2.55. The number of hydrogen-bond donors (Lipinski definition) is 2. The van der Waals surface area contributed by atoms with Gasteiger partial charge in [-0.15, -0.1) is 0 Å². The molecule has 0 saturated heterocycles. The minimum Gasteiger partial charge on any atom is -0.469 e. The smallest absolute Gasteiger partial charge is 0.312 e. The highest BCUT2D eigenvalue weighted by Crippen LogP contribution is 2.24. The number of carbonyl (C=O) groups excluding carboxylic acids is 1. The molecule has 0 atom stereocenters. The minimum atomic E-state index is -3.74. The van der Waals surface area contributed by atoms with Gasteiger partial charge in [0.2, 0.25) is 10.0 Å². The molecular weight excluding hydrogens is 471 g/mol. The predicted octanol–water partition coefficient (Wildman–Crippen LogP) is 1.66. The standard InChI is InChI=1S/C16H16BrFN6O4S/c1-28-11(25)5-6-29(26,27)23-10-4-2-3-9(7-10)8-24-14-12(20-15(24)17)13(19)21-16(18)22-14/h2-4,7,23H,5-6,8H2,1H3,(H2,19,21,22). The van der Waals surface area contributed by atoms with E-state index < -0.39 is 27.8 Å². The van der Waals surface area contributed by atoms with Gasteiger partial charge in [0.25, 0.3) is 0 Å². The van der Waals surface area contributed by atoms with Crippen LogP contribution in [0, 0.1) is 6.08 Å². The Bertz CT molecular complexity index is 1180. The summed E-state index contributed by atoms with van der Waals surface area (Å²) in [6.45, 7) is 0.213. The monoisotopic (exact) mass is 486 g/mol. The van der Waals surface area contributed by atoms with Crippen molar-refractivity contribution < 1.29 is 22.3 Å². The lowest BCUT2D eigenvalue weighted by Gasteiger charge is -2.10. The lowest BCUT2D eigenvalue weighted by molar-refractivity contribution is -0.140. The maximum atomic E-state index is 13.6. The maximum absolute atomic E-state index is 13.6. The van der Waals surface area contributed by atoms with Crippen LogP contribution in [0.4, 0.5) is 15.9 Å². The van der Waals surface area contributed by atoms with Crippen molar-refractivity contribution in [3.8, 4) is 0 Å². The van der Waals surface area contributed by atoms with Crippen molar-refractivity contribution in [3.63, 3.8) is 0 Å². The molecule has 154 valence electrons. The van der Waals surface area contributed by atoms with Gasteiger partial charge in [-0.3, -0.25) is 14.1 Å². The van der Waals surface area contributed by atoms with Crippen LogP contribution in [0.1, 0.15) is 12.0 Å². The number of hydrogen-bond acceptors (Lipinski definition) is 8. The Morgan fingerprint density at radius 3 is 2.83 bits per heavy atom. The average molecular weight is 487 g/mol. The summed E-state index contributed by atoms with van der Waals surface area (Å²) in [5.74, 6) is -1.11. The van der Waals surface area contributed by atoms with Crippen molar-refractivity contribution in [2.45, 2.75) is 13.0 Å². The highest BCUT2D eigenvalue weighted by Gasteiger charge is 2.17. The first kappa shape index (κ1) is 20.9. The number of methoxy groups -OCH3 is 1. The normalized spacial score (nSPS) is 11.6. The summed E-state index contributed by atoms with van der Waals surface area (Å²) < 4.78 is 46.6. The van der Waals surface area contributed by atoms with Crippen LogP contribution in [-0.2, 0) is 26.1 Å². The van der Waals surface area contributed by atoms with E-state index in [9.17, 15) is 17.6 Å². The van der Waals surface area contributed by atoms with Crippen LogP contribution in [0.5, 0.6) is 0 Å². The van der Waals surface area contributed by atoms with Crippen LogP contribution in [0.15, 0.2) is 29.0 Å². The number of halogens is 2. The Morgan fingerprint density at radius 1 is 1.34 bits per heavy atom. The van der Waals surface area contributed by atoms with Crippen LogP contribution >= 0.6 is 15.9 Å². The van der Waals surface area contributed by atoms with Gasteiger partial charge in [0.1, 0.15) is 0 Å². The van der Waals surface area contributed by atoms with Gasteiger partial charge >= 0.3 is 12.0 Å². The Hall–Kier alpha value is -2.80. The zero-order chi connectivity index (χ0) is 21.2. The van der Waals surface area contributed by atoms with Crippen molar-refractivity contribution in [1.82, 2.24) is 19.5 Å². The fraction of sp³-hybridized carbons (Fsp3) is 0.250. The van der Waals surface area contributed by atoms with Crippen LogP contribution < -0.4 is 10.5 Å². The van der Waals surface area contributed by atoms with E-state index in [-0.39, 0.29) is 29.9 Å². The number of fused-ring (bicyclic) bond motifs is 1. The van der Waals surface area contributed by atoms with Gasteiger partial charge < -0.3 is 10.5 Å². The number of aromatic nitrogens is 4. The summed E-state index contributed by atoms with van der Waals surface area (Å²) in [5, 5.41) is 0. The number of benzene rings is 1. The minimum absolute atomic E-state index is 0.0842. The van der Waals surface area contributed by atoms with Gasteiger partial charge in [0.15, 0.2) is 21.7 Å². The summed E-state index contributed by atoms with van der Waals surface area (Å²) >= 11 is 3.28. The molecular formula is C16H16BrFN6O4S. The number of nitrogens with zero attached hydrogens (tertiary/aromatic N) is 4. The van der Waals surface area contributed by atoms with Gasteiger partial charge in [-0.2, -0.15) is 14.4 Å². The number of ether oxygens (including phenoxy) is 1. The van der Waals surface area contributed by atoms with Crippen molar-refractivity contribution in [1.29, 1.82) is 0 Å². The number of anilines is 2. The molecule has 2 aromatic heterocycles. The fourth-order valence-corrected chi connectivity index (χ4v) is 4.07. The van der Waals surface area contributed by atoms with Crippen LogP contribution in [0.2, 0.25) is 0 Å².